The summed E-state index contributed by atoms with van der Waals surface area (Å²) in [7, 11) is 1.64. The van der Waals surface area contributed by atoms with Crippen molar-refractivity contribution in [3.05, 3.63) is 60.4 Å². The topological polar surface area (TPSA) is 65.4 Å². The van der Waals surface area contributed by atoms with E-state index in [1.165, 1.54) is 0 Å². The van der Waals surface area contributed by atoms with Crippen LogP contribution in [0.4, 0.5) is 0 Å². The Morgan fingerprint density at radius 2 is 1.93 bits per heavy atom. The average Bonchev–Trinajstić information content (AvgIpc) is 3.17. The molecule has 1 amide bonds. The zero-order valence-electron chi connectivity index (χ0n) is 16.1. The van der Waals surface area contributed by atoms with Gasteiger partial charge in [0.1, 0.15) is 5.75 Å². The van der Waals surface area contributed by atoms with Crippen LogP contribution in [0.15, 0.2) is 54.9 Å². The Bertz CT molecular complexity index is 943. The maximum Gasteiger partial charge on any atom is 0.230 e. The van der Waals surface area contributed by atoms with Crippen LogP contribution in [0, 0.1) is 0 Å². The zero-order valence-corrected chi connectivity index (χ0v) is 16.1. The fourth-order valence-electron chi connectivity index (χ4n) is 3.92. The molecule has 146 valence electrons. The molecule has 1 aliphatic heterocycles. The summed E-state index contributed by atoms with van der Waals surface area (Å²) >= 11 is 0. The van der Waals surface area contributed by atoms with Crippen LogP contribution in [0.3, 0.4) is 0 Å². The van der Waals surface area contributed by atoms with E-state index in [1.807, 2.05) is 54.9 Å². The first-order valence-corrected chi connectivity index (χ1v) is 9.63. The normalized spacial score (nSPS) is 16.0. The van der Waals surface area contributed by atoms with Crippen molar-refractivity contribution in [3.8, 4) is 5.75 Å². The number of hydrogen-bond donors (Lipinski definition) is 1. The van der Waals surface area contributed by atoms with Crippen molar-refractivity contribution in [2.24, 2.45) is 0 Å². The molecule has 0 atom stereocenters. The minimum absolute atomic E-state index is 0.0605. The quantitative estimate of drug-likeness (QED) is 0.715. The molecule has 3 aromatic rings. The highest BCUT2D eigenvalue weighted by atomic mass is 16.5. The van der Waals surface area contributed by atoms with Crippen molar-refractivity contribution < 1.29 is 14.3 Å². The number of carbonyl (C=O) groups is 1. The Balaban J connectivity index is 1.48. The first-order chi connectivity index (χ1) is 13.7. The van der Waals surface area contributed by atoms with Crippen molar-refractivity contribution in [1.29, 1.82) is 0 Å². The maximum absolute atomic E-state index is 13.2. The summed E-state index contributed by atoms with van der Waals surface area (Å²) in [6.45, 7) is 2.41. The minimum Gasteiger partial charge on any atom is -0.497 e. The second-order valence-corrected chi connectivity index (χ2v) is 7.11. The molecule has 1 aliphatic rings. The van der Waals surface area contributed by atoms with Crippen LogP contribution in [-0.2, 0) is 21.5 Å². The Morgan fingerprint density at radius 1 is 1.18 bits per heavy atom. The summed E-state index contributed by atoms with van der Waals surface area (Å²) in [5.41, 5.74) is 2.50. The lowest BCUT2D eigenvalue weighted by Gasteiger charge is -2.36. The number of ether oxygens (including phenoxy) is 2. The highest BCUT2D eigenvalue weighted by molar-refractivity contribution is 5.88. The molecule has 0 spiro atoms. The number of imidazole rings is 1. The molecule has 1 N–H and O–H groups in total. The van der Waals surface area contributed by atoms with Gasteiger partial charge in [-0.25, -0.2) is 4.98 Å². The molecule has 28 heavy (non-hydrogen) atoms. The van der Waals surface area contributed by atoms with Gasteiger partial charge in [0.25, 0.3) is 0 Å². The van der Waals surface area contributed by atoms with Crippen molar-refractivity contribution in [3.63, 3.8) is 0 Å². The number of fused-ring (bicyclic) bond motifs is 1. The molecule has 1 fully saturated rings. The van der Waals surface area contributed by atoms with Gasteiger partial charge < -0.3 is 19.4 Å². The number of amides is 1. The predicted octanol–water partition coefficient (Wildman–Crippen LogP) is 2.91. The number of methoxy groups -OCH3 is 1. The van der Waals surface area contributed by atoms with Crippen LogP contribution >= 0.6 is 0 Å². The number of benzene rings is 2. The standard InChI is InChI=1S/C22H25N3O3/c1-27-18-8-6-17(7-9-18)22(10-14-28-15-11-22)21(26)23-12-13-25-16-24-19-4-2-3-5-20(19)25/h2-9,16H,10-15H2,1H3,(H,23,26). The van der Waals surface area contributed by atoms with Gasteiger partial charge in [0.05, 0.1) is 29.9 Å². The van der Waals surface area contributed by atoms with E-state index in [1.54, 1.807) is 7.11 Å². The van der Waals surface area contributed by atoms with Gasteiger partial charge in [-0.3, -0.25) is 4.79 Å². The highest BCUT2D eigenvalue weighted by Gasteiger charge is 2.41. The molecule has 0 unspecified atom stereocenters. The predicted molar refractivity (Wildman–Crippen MR) is 107 cm³/mol. The van der Waals surface area contributed by atoms with E-state index in [0.717, 1.165) is 22.3 Å². The number of nitrogens with one attached hydrogen (secondary N) is 1. The van der Waals surface area contributed by atoms with Gasteiger partial charge in [-0.2, -0.15) is 0 Å². The molecular weight excluding hydrogens is 354 g/mol. The summed E-state index contributed by atoms with van der Waals surface area (Å²) in [6.07, 6.45) is 3.18. The second kappa shape index (κ2) is 8.02. The van der Waals surface area contributed by atoms with Crippen molar-refractivity contribution in [2.75, 3.05) is 26.9 Å². The summed E-state index contributed by atoms with van der Waals surface area (Å²) in [5, 5.41) is 3.15. The molecule has 1 aromatic heterocycles. The number of nitrogens with zero attached hydrogens (tertiary/aromatic N) is 2. The molecule has 4 rings (SSSR count). The first kappa shape index (κ1) is 18.5. The van der Waals surface area contributed by atoms with Crippen LogP contribution in [0.2, 0.25) is 0 Å². The number of aromatic nitrogens is 2. The molecule has 0 saturated carbocycles. The van der Waals surface area contributed by atoms with Crippen molar-refractivity contribution >= 4 is 16.9 Å². The van der Waals surface area contributed by atoms with E-state index >= 15 is 0 Å². The molecule has 2 heterocycles. The Morgan fingerprint density at radius 3 is 2.68 bits per heavy atom. The molecule has 2 aromatic carbocycles. The fraction of sp³-hybridized carbons (Fsp3) is 0.364. The third-order valence-electron chi connectivity index (χ3n) is 5.59. The van der Waals surface area contributed by atoms with E-state index < -0.39 is 5.41 Å². The van der Waals surface area contributed by atoms with Crippen LogP contribution in [0.1, 0.15) is 18.4 Å². The second-order valence-electron chi connectivity index (χ2n) is 7.11. The van der Waals surface area contributed by atoms with Gasteiger partial charge in [0.15, 0.2) is 0 Å². The molecule has 6 nitrogen and oxygen atoms in total. The highest BCUT2D eigenvalue weighted by Crippen LogP contribution is 2.36. The van der Waals surface area contributed by atoms with E-state index in [2.05, 4.69) is 14.9 Å². The van der Waals surface area contributed by atoms with Gasteiger partial charge in [-0.15, -0.1) is 0 Å². The number of para-hydroxylation sites is 2. The lowest BCUT2D eigenvalue weighted by molar-refractivity contribution is -0.130. The molecule has 0 bridgehead atoms. The Kier molecular flexibility index (Phi) is 5.30. The van der Waals surface area contributed by atoms with Gasteiger partial charge in [0.2, 0.25) is 5.91 Å². The molecule has 1 saturated heterocycles. The zero-order chi connectivity index (χ0) is 19.4. The maximum atomic E-state index is 13.2. The number of carbonyl (C=O) groups excluding carboxylic acids is 1. The monoisotopic (exact) mass is 379 g/mol. The smallest absolute Gasteiger partial charge is 0.230 e. The van der Waals surface area contributed by atoms with E-state index in [9.17, 15) is 4.79 Å². The largest absolute Gasteiger partial charge is 0.497 e. The van der Waals surface area contributed by atoms with Crippen molar-refractivity contribution in [2.45, 2.75) is 24.8 Å². The van der Waals surface area contributed by atoms with E-state index in [4.69, 9.17) is 9.47 Å². The Labute approximate surface area is 164 Å². The van der Waals surface area contributed by atoms with Gasteiger partial charge >= 0.3 is 0 Å². The summed E-state index contributed by atoms with van der Waals surface area (Å²) in [5.74, 6) is 0.851. The molecule has 6 heteroatoms. The third-order valence-corrected chi connectivity index (χ3v) is 5.59. The minimum atomic E-state index is -0.554. The molecular formula is C22H25N3O3. The summed E-state index contributed by atoms with van der Waals surface area (Å²) in [4.78, 5) is 17.6. The lowest BCUT2D eigenvalue weighted by Crippen LogP contribution is -2.48. The van der Waals surface area contributed by atoms with Gasteiger partial charge in [-0.05, 0) is 42.7 Å². The molecule has 0 aliphatic carbocycles. The van der Waals surface area contributed by atoms with Crippen LogP contribution < -0.4 is 10.1 Å². The van der Waals surface area contributed by atoms with E-state index in [0.29, 0.717) is 39.1 Å². The Hall–Kier alpha value is -2.86. The van der Waals surface area contributed by atoms with Crippen LogP contribution in [0.25, 0.3) is 11.0 Å². The first-order valence-electron chi connectivity index (χ1n) is 9.63. The summed E-state index contributed by atoms with van der Waals surface area (Å²) in [6, 6.07) is 15.8. The van der Waals surface area contributed by atoms with Crippen LogP contribution in [-0.4, -0.2) is 42.3 Å². The summed E-state index contributed by atoms with van der Waals surface area (Å²) < 4.78 is 12.9. The number of hydrogen-bond acceptors (Lipinski definition) is 4. The molecule has 0 radical (unpaired) electrons. The van der Waals surface area contributed by atoms with Gasteiger partial charge in [0, 0.05) is 26.3 Å². The SMILES string of the molecule is COc1ccc(C2(C(=O)NCCn3cnc4ccccc43)CCOCC2)cc1. The number of rotatable bonds is 6. The van der Waals surface area contributed by atoms with Crippen LogP contribution in [0.5, 0.6) is 5.75 Å². The fourth-order valence-corrected chi connectivity index (χ4v) is 3.92. The third kappa shape index (κ3) is 3.47. The van der Waals surface area contributed by atoms with Crippen molar-refractivity contribution in [1.82, 2.24) is 14.9 Å². The van der Waals surface area contributed by atoms with Gasteiger partial charge in [-0.1, -0.05) is 24.3 Å². The average molecular weight is 379 g/mol. The lowest BCUT2D eigenvalue weighted by atomic mass is 9.73. The van der Waals surface area contributed by atoms with E-state index in [-0.39, 0.29) is 5.91 Å².